The lowest BCUT2D eigenvalue weighted by Crippen LogP contribution is -2.29. The van der Waals surface area contributed by atoms with Gasteiger partial charge in [0.2, 0.25) is 0 Å². The number of nitrogens with one attached hydrogen (secondary N) is 2. The second-order valence-corrected chi connectivity index (χ2v) is 9.08. The Labute approximate surface area is 202 Å². The molecule has 178 valence electrons. The highest BCUT2D eigenvalue weighted by molar-refractivity contribution is 7.09. The zero-order valence-corrected chi connectivity index (χ0v) is 20.1. The number of nitrogens with zero attached hydrogens (tertiary/aromatic N) is 4. The quantitative estimate of drug-likeness (QED) is 0.314. The number of thiazole rings is 1. The largest absolute Gasteiger partial charge is 0.345 e. The van der Waals surface area contributed by atoms with E-state index in [-0.39, 0.29) is 18.1 Å². The molecule has 0 atom stereocenters. The number of hydrogen-bond donors (Lipinski definition) is 2. The normalized spacial score (nSPS) is 11.4. The molecule has 9 heteroatoms. The molecule has 0 aliphatic carbocycles. The standard InChI is InChI=1S/C25H29FN6OS/c1-2-3-13-32(14-10-23-29-19-8-4-5-9-20(19)30-23)15-11-24-31-22(17-34-24)25(33)28-16-21-18(26)7-6-12-27-21/h4-9,12,17H,2-3,10-11,13-16H2,1H3,(H,28,33)(H,29,30). The van der Waals surface area contributed by atoms with Gasteiger partial charge in [0.1, 0.15) is 17.3 Å². The summed E-state index contributed by atoms with van der Waals surface area (Å²) in [5, 5.41) is 5.36. The van der Waals surface area contributed by atoms with E-state index in [0.717, 1.165) is 67.2 Å². The zero-order chi connectivity index (χ0) is 23.8. The fraction of sp³-hybridized carbons (Fsp3) is 0.360. The van der Waals surface area contributed by atoms with E-state index < -0.39 is 5.82 Å². The minimum atomic E-state index is -0.434. The number of H-pyrrole nitrogens is 1. The van der Waals surface area contributed by atoms with Crippen LogP contribution in [0, 0.1) is 5.82 Å². The molecule has 7 nitrogen and oxygen atoms in total. The van der Waals surface area contributed by atoms with Crippen LogP contribution >= 0.6 is 11.3 Å². The predicted octanol–water partition coefficient (Wildman–Crippen LogP) is 4.37. The number of fused-ring (bicyclic) bond motifs is 1. The zero-order valence-electron chi connectivity index (χ0n) is 19.3. The van der Waals surface area contributed by atoms with E-state index in [1.165, 1.54) is 29.7 Å². The van der Waals surface area contributed by atoms with Crippen LogP contribution in [-0.2, 0) is 19.4 Å². The first-order chi connectivity index (χ1) is 16.6. The number of pyridine rings is 1. The Morgan fingerprint density at radius 1 is 1.12 bits per heavy atom. The summed E-state index contributed by atoms with van der Waals surface area (Å²) in [6, 6.07) is 10.9. The molecule has 2 N–H and O–H groups in total. The van der Waals surface area contributed by atoms with E-state index in [1.54, 1.807) is 5.38 Å². The van der Waals surface area contributed by atoms with Gasteiger partial charge in [0.05, 0.1) is 28.3 Å². The lowest BCUT2D eigenvalue weighted by Gasteiger charge is -2.21. The summed E-state index contributed by atoms with van der Waals surface area (Å²) < 4.78 is 13.7. The van der Waals surface area contributed by atoms with E-state index >= 15 is 0 Å². The van der Waals surface area contributed by atoms with Crippen molar-refractivity contribution in [2.45, 2.75) is 39.2 Å². The fourth-order valence-electron chi connectivity index (χ4n) is 3.69. The lowest BCUT2D eigenvalue weighted by molar-refractivity contribution is 0.0945. The van der Waals surface area contributed by atoms with Gasteiger partial charge in [-0.3, -0.25) is 9.78 Å². The number of benzene rings is 1. The van der Waals surface area contributed by atoms with Crippen LogP contribution in [0.1, 0.15) is 46.8 Å². The van der Waals surface area contributed by atoms with Crippen LogP contribution in [0.2, 0.25) is 0 Å². The minimum absolute atomic E-state index is 0.0327. The lowest BCUT2D eigenvalue weighted by atomic mass is 10.2. The monoisotopic (exact) mass is 480 g/mol. The Morgan fingerprint density at radius 3 is 2.79 bits per heavy atom. The van der Waals surface area contributed by atoms with Gasteiger partial charge in [-0.2, -0.15) is 0 Å². The smallest absolute Gasteiger partial charge is 0.271 e. The highest BCUT2D eigenvalue weighted by atomic mass is 32.1. The van der Waals surface area contributed by atoms with Crippen LogP contribution in [0.3, 0.4) is 0 Å². The van der Waals surface area contributed by atoms with Gasteiger partial charge in [0, 0.05) is 37.5 Å². The summed E-state index contributed by atoms with van der Waals surface area (Å²) in [7, 11) is 0. The molecule has 0 bridgehead atoms. The van der Waals surface area contributed by atoms with E-state index in [9.17, 15) is 9.18 Å². The van der Waals surface area contributed by atoms with Crippen molar-refractivity contribution in [1.29, 1.82) is 0 Å². The fourth-order valence-corrected chi connectivity index (χ4v) is 4.46. The van der Waals surface area contributed by atoms with Crippen LogP contribution in [0.4, 0.5) is 4.39 Å². The first-order valence-electron chi connectivity index (χ1n) is 11.6. The van der Waals surface area contributed by atoms with Crippen LogP contribution in [-0.4, -0.2) is 50.4 Å². The van der Waals surface area contributed by atoms with E-state index in [0.29, 0.717) is 5.69 Å². The van der Waals surface area contributed by atoms with Crippen molar-refractivity contribution in [3.05, 3.63) is 76.0 Å². The molecule has 3 aromatic heterocycles. The molecule has 4 aromatic rings. The highest BCUT2D eigenvalue weighted by Gasteiger charge is 2.14. The van der Waals surface area contributed by atoms with Gasteiger partial charge in [0.15, 0.2) is 0 Å². The number of unbranched alkanes of at least 4 members (excludes halogenated alkanes) is 1. The number of carbonyl (C=O) groups excluding carboxylic acids is 1. The van der Waals surface area contributed by atoms with Gasteiger partial charge in [-0.1, -0.05) is 25.5 Å². The summed E-state index contributed by atoms with van der Waals surface area (Å²) in [4.78, 5) is 31.4. The third kappa shape index (κ3) is 6.45. The summed E-state index contributed by atoms with van der Waals surface area (Å²) in [6.45, 7) is 5.03. The molecule has 0 saturated carbocycles. The average molecular weight is 481 g/mol. The molecule has 0 spiro atoms. The van der Waals surface area contributed by atoms with Crippen LogP contribution in [0.15, 0.2) is 48.0 Å². The maximum Gasteiger partial charge on any atom is 0.271 e. The predicted molar refractivity (Wildman–Crippen MR) is 132 cm³/mol. The van der Waals surface area contributed by atoms with Gasteiger partial charge < -0.3 is 15.2 Å². The Kier molecular flexibility index (Phi) is 8.32. The van der Waals surface area contributed by atoms with Gasteiger partial charge in [0.25, 0.3) is 5.91 Å². The Hall–Kier alpha value is -3.17. The van der Waals surface area contributed by atoms with Crippen molar-refractivity contribution in [2.24, 2.45) is 0 Å². The van der Waals surface area contributed by atoms with Crippen molar-refractivity contribution in [3.63, 3.8) is 0 Å². The van der Waals surface area contributed by atoms with E-state index in [4.69, 9.17) is 0 Å². The molecular weight excluding hydrogens is 451 g/mol. The van der Waals surface area contributed by atoms with Gasteiger partial charge in [-0.05, 0) is 37.2 Å². The van der Waals surface area contributed by atoms with Crippen molar-refractivity contribution in [3.8, 4) is 0 Å². The molecule has 1 amide bonds. The Bertz CT molecular complexity index is 1190. The van der Waals surface area contributed by atoms with Crippen LogP contribution in [0.25, 0.3) is 11.0 Å². The van der Waals surface area contributed by atoms with Gasteiger partial charge in [-0.25, -0.2) is 14.4 Å². The second kappa shape index (κ2) is 11.8. The average Bonchev–Trinajstić information content (AvgIpc) is 3.50. The van der Waals surface area contributed by atoms with Crippen LogP contribution in [0.5, 0.6) is 0 Å². The van der Waals surface area contributed by atoms with Crippen molar-refractivity contribution in [1.82, 2.24) is 30.2 Å². The van der Waals surface area contributed by atoms with E-state index in [2.05, 4.69) is 37.1 Å². The molecule has 0 unspecified atom stereocenters. The summed E-state index contributed by atoms with van der Waals surface area (Å²) in [5.41, 5.74) is 2.63. The maximum absolute atomic E-state index is 13.7. The van der Waals surface area contributed by atoms with Gasteiger partial charge >= 0.3 is 0 Å². The van der Waals surface area contributed by atoms with Crippen molar-refractivity contribution >= 4 is 28.3 Å². The first kappa shape index (κ1) is 24.0. The number of aromatic amines is 1. The minimum Gasteiger partial charge on any atom is -0.345 e. The molecular formula is C25H29FN6OS. The summed E-state index contributed by atoms with van der Waals surface area (Å²) in [6.07, 6.45) is 5.41. The molecule has 4 rings (SSSR count). The summed E-state index contributed by atoms with van der Waals surface area (Å²) >= 11 is 1.48. The SMILES string of the molecule is CCCCN(CCc1nc2ccccc2[nH]1)CCc1nc(C(=O)NCc2ncccc2F)cs1. The topological polar surface area (TPSA) is 86.8 Å². The second-order valence-electron chi connectivity index (χ2n) is 8.14. The Morgan fingerprint density at radius 2 is 1.97 bits per heavy atom. The molecule has 34 heavy (non-hydrogen) atoms. The number of amides is 1. The van der Waals surface area contributed by atoms with E-state index in [1.807, 2.05) is 24.3 Å². The number of hydrogen-bond acceptors (Lipinski definition) is 6. The Balaban J connectivity index is 1.29. The third-order valence-corrected chi connectivity index (χ3v) is 6.52. The molecule has 0 saturated heterocycles. The molecule has 0 aliphatic rings. The molecule has 0 radical (unpaired) electrons. The van der Waals surface area contributed by atoms with Crippen molar-refractivity contribution in [2.75, 3.05) is 19.6 Å². The van der Waals surface area contributed by atoms with Gasteiger partial charge in [-0.15, -0.1) is 11.3 Å². The third-order valence-electron chi connectivity index (χ3n) is 5.61. The summed E-state index contributed by atoms with van der Waals surface area (Å²) in [5.74, 6) is 0.247. The number of aromatic nitrogens is 4. The van der Waals surface area contributed by atoms with Crippen molar-refractivity contribution < 1.29 is 9.18 Å². The molecule has 1 aromatic carbocycles. The number of halogens is 1. The number of para-hydroxylation sites is 2. The highest BCUT2D eigenvalue weighted by Crippen LogP contribution is 2.14. The van der Waals surface area contributed by atoms with Crippen LogP contribution < -0.4 is 5.32 Å². The molecule has 0 fully saturated rings. The number of imidazole rings is 1. The first-order valence-corrected chi connectivity index (χ1v) is 12.5. The number of carbonyl (C=O) groups is 1. The number of rotatable bonds is 12. The maximum atomic E-state index is 13.7. The molecule has 0 aliphatic heterocycles. The molecule has 3 heterocycles.